The molecule has 3 nitrogen and oxygen atoms in total. The van der Waals surface area contributed by atoms with Gasteiger partial charge in [-0.05, 0) is 31.3 Å². The second-order valence-electron chi connectivity index (χ2n) is 3.32. The molecule has 0 unspecified atom stereocenters. The van der Waals surface area contributed by atoms with E-state index in [0.29, 0.717) is 19.4 Å². The summed E-state index contributed by atoms with van der Waals surface area (Å²) in [4.78, 5) is 11.1. The van der Waals surface area contributed by atoms with Gasteiger partial charge in [-0.25, -0.2) is 0 Å². The number of esters is 1. The van der Waals surface area contributed by atoms with E-state index in [-0.39, 0.29) is 12.4 Å². The maximum Gasteiger partial charge on any atom is 0.308 e. The summed E-state index contributed by atoms with van der Waals surface area (Å²) in [5.74, 6) is 1.60. The minimum atomic E-state index is -0.794. The molecule has 0 aromatic carbocycles. The van der Waals surface area contributed by atoms with Crippen LogP contribution in [0.1, 0.15) is 26.2 Å². The Bertz CT molecular complexity index is 176. The molecule has 1 rings (SSSR count). The van der Waals surface area contributed by atoms with E-state index < -0.39 is 5.60 Å². The van der Waals surface area contributed by atoms with Crippen molar-refractivity contribution in [1.29, 1.82) is 0 Å². The lowest BCUT2D eigenvalue weighted by atomic mass is 9.93. The van der Waals surface area contributed by atoms with Crippen LogP contribution in [-0.2, 0) is 9.53 Å². The molecule has 0 aromatic rings. The number of thioether (sulfide) groups is 1. The summed E-state index contributed by atoms with van der Waals surface area (Å²) < 4.78 is 4.80. The summed E-state index contributed by atoms with van der Waals surface area (Å²) in [6.45, 7) is 2.17. The zero-order valence-electron chi connectivity index (χ0n) is 7.91. The summed E-state index contributed by atoms with van der Waals surface area (Å²) in [7, 11) is 0. The number of hydrogen-bond acceptors (Lipinski definition) is 4. The van der Waals surface area contributed by atoms with Gasteiger partial charge in [0.15, 0.2) is 0 Å². The Morgan fingerprint density at radius 2 is 2.15 bits per heavy atom. The highest BCUT2D eigenvalue weighted by molar-refractivity contribution is 7.99. The topological polar surface area (TPSA) is 46.5 Å². The van der Waals surface area contributed by atoms with E-state index in [1.54, 1.807) is 6.92 Å². The smallest absolute Gasteiger partial charge is 0.308 e. The first kappa shape index (κ1) is 10.9. The van der Waals surface area contributed by atoms with Crippen LogP contribution in [-0.4, -0.2) is 34.8 Å². The molecule has 0 saturated carbocycles. The molecule has 4 heteroatoms. The van der Waals surface area contributed by atoms with Gasteiger partial charge < -0.3 is 9.84 Å². The van der Waals surface area contributed by atoms with Crippen molar-refractivity contribution in [1.82, 2.24) is 0 Å². The normalized spacial score (nSPS) is 21.1. The van der Waals surface area contributed by atoms with Gasteiger partial charge in [-0.15, -0.1) is 0 Å². The van der Waals surface area contributed by atoms with E-state index in [0.717, 1.165) is 11.5 Å². The fourth-order valence-corrected chi connectivity index (χ4v) is 2.66. The monoisotopic (exact) mass is 204 g/mol. The lowest BCUT2D eigenvalue weighted by Gasteiger charge is -2.30. The van der Waals surface area contributed by atoms with E-state index in [1.807, 2.05) is 11.8 Å². The number of aliphatic hydroxyl groups is 1. The maximum atomic E-state index is 11.1. The third-order valence-electron chi connectivity index (χ3n) is 2.20. The molecule has 0 aliphatic carbocycles. The highest BCUT2D eigenvalue weighted by atomic mass is 32.2. The molecule has 1 fully saturated rings. The molecular formula is C9H16O3S. The quantitative estimate of drug-likeness (QED) is 0.702. The van der Waals surface area contributed by atoms with Gasteiger partial charge in [0.2, 0.25) is 0 Å². The highest BCUT2D eigenvalue weighted by Gasteiger charge is 2.32. The summed E-state index contributed by atoms with van der Waals surface area (Å²) in [5.41, 5.74) is -0.794. The van der Waals surface area contributed by atoms with Gasteiger partial charge >= 0.3 is 5.97 Å². The number of ether oxygens (including phenoxy) is 1. The lowest BCUT2D eigenvalue weighted by Crippen LogP contribution is -2.36. The van der Waals surface area contributed by atoms with Gasteiger partial charge in [0.05, 0.1) is 18.6 Å². The average Bonchev–Trinajstić information content (AvgIpc) is 2.04. The standard InChI is InChI=1S/C9H16O3S/c1-2-12-8(10)7-9(11)3-5-13-6-4-9/h11H,2-7H2,1H3. The Morgan fingerprint density at radius 3 is 2.69 bits per heavy atom. The van der Waals surface area contributed by atoms with Crippen LogP contribution in [0.5, 0.6) is 0 Å². The molecule has 0 aromatic heterocycles. The largest absolute Gasteiger partial charge is 0.466 e. The molecule has 1 N–H and O–H groups in total. The minimum Gasteiger partial charge on any atom is -0.466 e. The van der Waals surface area contributed by atoms with Crippen molar-refractivity contribution in [2.24, 2.45) is 0 Å². The summed E-state index contributed by atoms with van der Waals surface area (Å²) in [6.07, 6.45) is 1.56. The van der Waals surface area contributed by atoms with Gasteiger partial charge in [0.1, 0.15) is 0 Å². The number of rotatable bonds is 3. The number of carbonyl (C=O) groups is 1. The first-order valence-electron chi connectivity index (χ1n) is 4.62. The fourth-order valence-electron chi connectivity index (χ4n) is 1.41. The van der Waals surface area contributed by atoms with E-state index >= 15 is 0 Å². The summed E-state index contributed by atoms with van der Waals surface area (Å²) >= 11 is 1.83. The molecule has 0 radical (unpaired) electrons. The van der Waals surface area contributed by atoms with Crippen molar-refractivity contribution in [3.8, 4) is 0 Å². The molecular weight excluding hydrogens is 188 g/mol. The maximum absolute atomic E-state index is 11.1. The average molecular weight is 204 g/mol. The van der Waals surface area contributed by atoms with Crippen LogP contribution in [0.2, 0.25) is 0 Å². The van der Waals surface area contributed by atoms with E-state index in [4.69, 9.17) is 4.74 Å². The van der Waals surface area contributed by atoms with Crippen molar-refractivity contribution in [2.75, 3.05) is 18.1 Å². The Hall–Kier alpha value is -0.220. The van der Waals surface area contributed by atoms with Crippen LogP contribution in [0.25, 0.3) is 0 Å². The van der Waals surface area contributed by atoms with Gasteiger partial charge in [-0.1, -0.05) is 0 Å². The van der Waals surface area contributed by atoms with Crippen molar-refractivity contribution < 1.29 is 14.6 Å². The van der Waals surface area contributed by atoms with Gasteiger partial charge in [-0.2, -0.15) is 11.8 Å². The van der Waals surface area contributed by atoms with E-state index in [2.05, 4.69) is 0 Å². The molecule has 76 valence electrons. The second-order valence-corrected chi connectivity index (χ2v) is 4.54. The van der Waals surface area contributed by atoms with Crippen LogP contribution >= 0.6 is 11.8 Å². The molecule has 0 amide bonds. The predicted octanol–water partition coefficient (Wildman–Crippen LogP) is 1.20. The summed E-state index contributed by atoms with van der Waals surface area (Å²) in [6, 6.07) is 0. The van der Waals surface area contributed by atoms with Crippen molar-refractivity contribution in [2.45, 2.75) is 31.8 Å². The van der Waals surface area contributed by atoms with Crippen LogP contribution in [0.4, 0.5) is 0 Å². The Balaban J connectivity index is 2.36. The summed E-state index contributed by atoms with van der Waals surface area (Å²) in [5, 5.41) is 9.95. The highest BCUT2D eigenvalue weighted by Crippen LogP contribution is 2.29. The van der Waals surface area contributed by atoms with Crippen molar-refractivity contribution in [3.63, 3.8) is 0 Å². The minimum absolute atomic E-state index is 0.154. The molecule has 1 aliphatic heterocycles. The second kappa shape index (κ2) is 4.86. The van der Waals surface area contributed by atoms with Crippen LogP contribution in [0.15, 0.2) is 0 Å². The zero-order chi connectivity index (χ0) is 9.73. The molecule has 13 heavy (non-hydrogen) atoms. The molecule has 1 saturated heterocycles. The first-order valence-corrected chi connectivity index (χ1v) is 5.77. The van der Waals surface area contributed by atoms with Crippen molar-refractivity contribution in [3.05, 3.63) is 0 Å². The molecule has 0 spiro atoms. The van der Waals surface area contributed by atoms with Crippen LogP contribution in [0, 0.1) is 0 Å². The van der Waals surface area contributed by atoms with Gasteiger partial charge in [0.25, 0.3) is 0 Å². The first-order chi connectivity index (χ1) is 6.16. The van der Waals surface area contributed by atoms with Gasteiger partial charge in [0, 0.05) is 0 Å². The predicted molar refractivity (Wildman–Crippen MR) is 52.8 cm³/mol. The molecule has 1 heterocycles. The Kier molecular flexibility index (Phi) is 4.06. The Morgan fingerprint density at radius 1 is 1.54 bits per heavy atom. The molecule has 1 aliphatic rings. The van der Waals surface area contributed by atoms with E-state index in [9.17, 15) is 9.90 Å². The molecule has 0 bridgehead atoms. The fraction of sp³-hybridized carbons (Fsp3) is 0.889. The third kappa shape index (κ3) is 3.56. The number of hydrogen-bond donors (Lipinski definition) is 1. The SMILES string of the molecule is CCOC(=O)CC1(O)CCSCC1. The third-order valence-corrected chi connectivity index (χ3v) is 3.19. The van der Waals surface area contributed by atoms with Crippen LogP contribution < -0.4 is 0 Å². The van der Waals surface area contributed by atoms with Crippen LogP contribution in [0.3, 0.4) is 0 Å². The van der Waals surface area contributed by atoms with E-state index in [1.165, 1.54) is 0 Å². The zero-order valence-corrected chi connectivity index (χ0v) is 8.73. The van der Waals surface area contributed by atoms with Gasteiger partial charge in [-0.3, -0.25) is 4.79 Å². The Labute approximate surface area is 82.8 Å². The van der Waals surface area contributed by atoms with Crippen molar-refractivity contribution >= 4 is 17.7 Å². The number of carbonyl (C=O) groups excluding carboxylic acids is 1. The molecule has 0 atom stereocenters. The lowest BCUT2D eigenvalue weighted by molar-refractivity contribution is -0.149.